The lowest BCUT2D eigenvalue weighted by molar-refractivity contribution is -0.104. The second-order valence-corrected chi connectivity index (χ2v) is 3.08. The summed E-state index contributed by atoms with van der Waals surface area (Å²) in [7, 11) is 0. The van der Waals surface area contributed by atoms with Gasteiger partial charge in [0.15, 0.2) is 0 Å². The number of nitrogens with two attached hydrogens (primary N) is 1. The van der Waals surface area contributed by atoms with Crippen molar-refractivity contribution in [1.82, 2.24) is 0 Å². The normalized spacial score (nSPS) is 24.0. The van der Waals surface area contributed by atoms with Crippen LogP contribution < -0.4 is 5.73 Å². The molecular weight excluding hydrogens is 158 g/mol. The van der Waals surface area contributed by atoms with Crippen LogP contribution in [0.3, 0.4) is 0 Å². The highest BCUT2D eigenvalue weighted by atomic mass is 32.1. The average molecular weight is 169 g/mol. The maximum absolute atomic E-state index is 10.3. The molecule has 3 heteroatoms. The van der Waals surface area contributed by atoms with Crippen LogP contribution in [-0.2, 0) is 4.79 Å². The van der Waals surface area contributed by atoms with E-state index in [9.17, 15) is 4.79 Å². The van der Waals surface area contributed by atoms with Crippen LogP contribution >= 0.6 is 12.6 Å². The van der Waals surface area contributed by atoms with Crippen LogP contribution in [0.4, 0.5) is 0 Å². The number of carbonyl (C=O) groups excluding carboxylic acids is 1. The van der Waals surface area contributed by atoms with Crippen LogP contribution in [0.25, 0.3) is 0 Å². The summed E-state index contributed by atoms with van der Waals surface area (Å²) >= 11 is 4.23. The van der Waals surface area contributed by atoms with Crippen molar-refractivity contribution >= 4 is 18.9 Å². The summed E-state index contributed by atoms with van der Waals surface area (Å²) in [6.45, 7) is 0.595. The first-order valence-corrected chi connectivity index (χ1v) is 3.98. The van der Waals surface area contributed by atoms with Gasteiger partial charge in [0.1, 0.15) is 6.29 Å². The number of hydrogen-bond donors (Lipinski definition) is 2. The monoisotopic (exact) mass is 169 g/mol. The van der Waals surface area contributed by atoms with E-state index in [-0.39, 0.29) is 0 Å². The third-order valence-corrected chi connectivity index (χ3v) is 2.29. The smallest absolute Gasteiger partial charge is 0.149 e. The second-order valence-electron chi connectivity index (χ2n) is 2.56. The van der Waals surface area contributed by atoms with Crippen molar-refractivity contribution in [2.45, 2.75) is 6.42 Å². The fourth-order valence-electron chi connectivity index (χ4n) is 1.05. The van der Waals surface area contributed by atoms with E-state index in [1.165, 1.54) is 0 Å². The zero-order valence-corrected chi connectivity index (χ0v) is 7.05. The van der Waals surface area contributed by atoms with Gasteiger partial charge >= 0.3 is 0 Å². The molecule has 60 valence electrons. The van der Waals surface area contributed by atoms with E-state index in [1.54, 1.807) is 6.08 Å². The lowest BCUT2D eigenvalue weighted by atomic mass is 9.97. The SMILES string of the molecule is NCC1CC=C(C=O)C=C1S. The maximum Gasteiger partial charge on any atom is 0.149 e. The number of carbonyl (C=O) groups is 1. The fraction of sp³-hybridized carbons (Fsp3) is 0.375. The van der Waals surface area contributed by atoms with E-state index in [0.717, 1.165) is 17.6 Å². The first-order valence-electron chi connectivity index (χ1n) is 3.54. The molecule has 0 aromatic carbocycles. The predicted molar refractivity (Wildman–Crippen MR) is 48.4 cm³/mol. The Labute approximate surface area is 71.6 Å². The highest BCUT2D eigenvalue weighted by Gasteiger charge is 2.12. The average Bonchev–Trinajstić information content (AvgIpc) is 2.04. The minimum atomic E-state index is 0.307. The Kier molecular flexibility index (Phi) is 2.91. The van der Waals surface area contributed by atoms with Gasteiger partial charge in [-0.3, -0.25) is 4.79 Å². The van der Waals surface area contributed by atoms with Crippen LogP contribution in [0.2, 0.25) is 0 Å². The standard InChI is InChI=1S/C8H11NOS/c9-4-7-2-1-6(5-10)3-8(7)11/h1,3,5,7,11H,2,4,9H2. The molecule has 0 amide bonds. The van der Waals surface area contributed by atoms with Crippen molar-refractivity contribution < 1.29 is 4.79 Å². The molecule has 0 spiro atoms. The van der Waals surface area contributed by atoms with Crippen molar-refractivity contribution in [3.63, 3.8) is 0 Å². The highest BCUT2D eigenvalue weighted by Crippen LogP contribution is 2.24. The van der Waals surface area contributed by atoms with Crippen molar-refractivity contribution in [3.8, 4) is 0 Å². The number of hydrogen-bond acceptors (Lipinski definition) is 3. The van der Waals surface area contributed by atoms with Crippen molar-refractivity contribution in [3.05, 3.63) is 22.6 Å². The second kappa shape index (κ2) is 3.74. The third-order valence-electron chi connectivity index (χ3n) is 1.79. The topological polar surface area (TPSA) is 43.1 Å². The largest absolute Gasteiger partial charge is 0.330 e. The summed E-state index contributed by atoms with van der Waals surface area (Å²) in [6, 6.07) is 0. The quantitative estimate of drug-likeness (QED) is 0.476. The Balaban J connectivity index is 2.73. The Hall–Kier alpha value is -0.540. The van der Waals surface area contributed by atoms with Crippen LogP contribution in [0, 0.1) is 5.92 Å². The molecule has 0 aromatic rings. The Morgan fingerprint density at radius 2 is 2.55 bits per heavy atom. The summed E-state index contributed by atoms with van der Waals surface area (Å²) < 4.78 is 0. The first-order chi connectivity index (χ1) is 5.27. The minimum Gasteiger partial charge on any atom is -0.330 e. The molecule has 11 heavy (non-hydrogen) atoms. The maximum atomic E-state index is 10.3. The van der Waals surface area contributed by atoms with Gasteiger partial charge in [-0.1, -0.05) is 6.08 Å². The number of thiol groups is 1. The Bertz CT molecular complexity index is 220. The molecule has 0 aliphatic heterocycles. The molecule has 1 aliphatic rings. The van der Waals surface area contributed by atoms with Gasteiger partial charge in [0.2, 0.25) is 0 Å². The van der Waals surface area contributed by atoms with E-state index in [2.05, 4.69) is 12.6 Å². The Morgan fingerprint density at radius 1 is 1.82 bits per heavy atom. The van der Waals surface area contributed by atoms with Crippen molar-refractivity contribution in [1.29, 1.82) is 0 Å². The van der Waals surface area contributed by atoms with Crippen LogP contribution in [0.1, 0.15) is 6.42 Å². The van der Waals surface area contributed by atoms with Crippen LogP contribution in [0.15, 0.2) is 22.6 Å². The molecule has 1 aliphatic carbocycles. The third kappa shape index (κ3) is 1.94. The van der Waals surface area contributed by atoms with Gasteiger partial charge in [0.25, 0.3) is 0 Å². The highest BCUT2D eigenvalue weighted by molar-refractivity contribution is 7.84. The van der Waals surface area contributed by atoms with Gasteiger partial charge < -0.3 is 5.73 Å². The summed E-state index contributed by atoms with van der Waals surface area (Å²) in [5.74, 6) is 0.307. The summed E-state index contributed by atoms with van der Waals surface area (Å²) in [6.07, 6.45) is 5.34. The molecular formula is C8H11NOS. The molecule has 1 rings (SSSR count). The lowest BCUT2D eigenvalue weighted by Crippen LogP contribution is -2.16. The van der Waals surface area contributed by atoms with Crippen LogP contribution in [0.5, 0.6) is 0 Å². The molecule has 0 heterocycles. The number of rotatable bonds is 2. The molecule has 2 N–H and O–H groups in total. The zero-order chi connectivity index (χ0) is 8.27. The van der Waals surface area contributed by atoms with Gasteiger partial charge in [-0.25, -0.2) is 0 Å². The van der Waals surface area contributed by atoms with Crippen molar-refractivity contribution in [2.24, 2.45) is 11.7 Å². The van der Waals surface area contributed by atoms with E-state index in [4.69, 9.17) is 5.73 Å². The molecule has 2 nitrogen and oxygen atoms in total. The van der Waals surface area contributed by atoms with Gasteiger partial charge in [-0.05, 0) is 23.9 Å². The Morgan fingerprint density at radius 3 is 3.00 bits per heavy atom. The minimum absolute atomic E-state index is 0.307. The molecule has 1 unspecified atom stereocenters. The molecule has 0 saturated carbocycles. The van der Waals surface area contributed by atoms with Crippen LogP contribution in [-0.4, -0.2) is 12.8 Å². The van der Waals surface area contributed by atoms with Gasteiger partial charge in [0.05, 0.1) is 0 Å². The molecule has 0 saturated heterocycles. The van der Waals surface area contributed by atoms with E-state index < -0.39 is 0 Å². The molecule has 0 radical (unpaired) electrons. The predicted octanol–water partition coefficient (Wildman–Crippen LogP) is 0.904. The van der Waals surface area contributed by atoms with Gasteiger partial charge in [0, 0.05) is 11.5 Å². The first kappa shape index (κ1) is 8.56. The van der Waals surface area contributed by atoms with Crippen molar-refractivity contribution in [2.75, 3.05) is 6.54 Å². The number of aldehydes is 1. The van der Waals surface area contributed by atoms with Gasteiger partial charge in [-0.15, -0.1) is 12.6 Å². The fourth-order valence-corrected chi connectivity index (χ4v) is 1.41. The molecule has 0 aromatic heterocycles. The van der Waals surface area contributed by atoms with E-state index in [0.29, 0.717) is 18.0 Å². The zero-order valence-electron chi connectivity index (χ0n) is 6.16. The van der Waals surface area contributed by atoms with E-state index >= 15 is 0 Å². The summed E-state index contributed by atoms with van der Waals surface area (Å²) in [5.41, 5.74) is 6.18. The summed E-state index contributed by atoms with van der Waals surface area (Å²) in [4.78, 5) is 11.2. The van der Waals surface area contributed by atoms with Gasteiger partial charge in [-0.2, -0.15) is 0 Å². The molecule has 0 bridgehead atoms. The lowest BCUT2D eigenvalue weighted by Gasteiger charge is -2.16. The van der Waals surface area contributed by atoms with E-state index in [1.807, 2.05) is 6.08 Å². The molecule has 1 atom stereocenters. The summed E-state index contributed by atoms with van der Waals surface area (Å²) in [5, 5.41) is 0. The molecule has 0 fully saturated rings. The number of allylic oxidation sites excluding steroid dienone is 3.